The number of carbonyl (C=O) groups excluding carboxylic acids is 1. The summed E-state index contributed by atoms with van der Waals surface area (Å²) in [6.07, 6.45) is 3.62. The highest BCUT2D eigenvalue weighted by atomic mass is 19.1. The van der Waals surface area contributed by atoms with Crippen molar-refractivity contribution in [1.29, 1.82) is 0 Å². The molecule has 0 aliphatic rings. The smallest absolute Gasteiger partial charge is 0.419 e. The third kappa shape index (κ3) is 3.17. The summed E-state index contributed by atoms with van der Waals surface area (Å²) in [6.45, 7) is 5.22. The van der Waals surface area contributed by atoms with E-state index < -0.39 is 17.6 Å². The number of carbonyl (C=O) groups is 1. The predicted molar refractivity (Wildman–Crippen MR) is 85.6 cm³/mol. The molecule has 3 rings (SSSR count). The number of aromatic nitrogens is 4. The number of fused-ring (bicyclic) bond motifs is 1. The zero-order valence-corrected chi connectivity index (χ0v) is 13.5. The van der Waals surface area contributed by atoms with Crippen LogP contribution in [-0.4, -0.2) is 31.3 Å². The van der Waals surface area contributed by atoms with Crippen molar-refractivity contribution < 1.29 is 13.9 Å². The Bertz CT molecular complexity index is 887. The molecule has 0 saturated carbocycles. The van der Waals surface area contributed by atoms with Gasteiger partial charge in [-0.3, -0.25) is 0 Å². The van der Waals surface area contributed by atoms with Crippen LogP contribution in [0.2, 0.25) is 0 Å². The third-order valence-corrected chi connectivity index (χ3v) is 3.08. The molecule has 0 aliphatic heterocycles. The van der Waals surface area contributed by atoms with Gasteiger partial charge in [0.05, 0.1) is 5.69 Å². The molecular weight excluding hydrogens is 313 g/mol. The minimum absolute atomic E-state index is 0.00406. The van der Waals surface area contributed by atoms with E-state index in [0.29, 0.717) is 11.3 Å². The first-order chi connectivity index (χ1) is 11.3. The molecule has 3 heterocycles. The maximum Gasteiger partial charge on any atom is 0.419 e. The molecule has 0 N–H and O–H groups in total. The number of pyridine rings is 2. The van der Waals surface area contributed by atoms with Crippen LogP contribution in [0.25, 0.3) is 5.65 Å². The van der Waals surface area contributed by atoms with E-state index in [-0.39, 0.29) is 5.69 Å². The van der Waals surface area contributed by atoms with Gasteiger partial charge in [0.2, 0.25) is 5.95 Å². The summed E-state index contributed by atoms with van der Waals surface area (Å²) in [6, 6.07) is 6.24. The van der Waals surface area contributed by atoms with Gasteiger partial charge < -0.3 is 4.74 Å². The van der Waals surface area contributed by atoms with Crippen molar-refractivity contribution in [2.24, 2.45) is 0 Å². The zero-order valence-electron chi connectivity index (χ0n) is 13.5. The van der Waals surface area contributed by atoms with Crippen molar-refractivity contribution in [1.82, 2.24) is 19.6 Å². The van der Waals surface area contributed by atoms with Gasteiger partial charge in [0.1, 0.15) is 17.6 Å². The lowest BCUT2D eigenvalue weighted by atomic mass is 10.2. The number of ether oxygens (including phenoxy) is 1. The van der Waals surface area contributed by atoms with Gasteiger partial charge in [0.15, 0.2) is 5.65 Å². The van der Waals surface area contributed by atoms with Crippen molar-refractivity contribution in [2.45, 2.75) is 26.4 Å². The van der Waals surface area contributed by atoms with Gasteiger partial charge in [-0.15, -0.1) is 0 Å². The third-order valence-electron chi connectivity index (χ3n) is 3.08. The lowest BCUT2D eigenvalue weighted by Gasteiger charge is -2.27. The van der Waals surface area contributed by atoms with E-state index in [1.165, 1.54) is 23.1 Å². The topological polar surface area (TPSA) is 72.6 Å². The molecule has 1 amide bonds. The molecular formula is C16H16FN5O2. The van der Waals surface area contributed by atoms with Crippen molar-refractivity contribution in [3.63, 3.8) is 0 Å². The summed E-state index contributed by atoms with van der Waals surface area (Å²) in [4.78, 5) is 21.5. The fourth-order valence-corrected chi connectivity index (χ4v) is 2.14. The second kappa shape index (κ2) is 5.88. The predicted octanol–water partition coefficient (Wildman–Crippen LogP) is 3.34. The summed E-state index contributed by atoms with van der Waals surface area (Å²) >= 11 is 0. The molecule has 8 heteroatoms. The minimum atomic E-state index is -0.773. The SMILES string of the molecule is CC(C)(C)OC(=O)N(c1ccn2ncnc2c1)c1cccnc1F. The molecule has 0 aliphatic carbocycles. The highest BCUT2D eigenvalue weighted by molar-refractivity contribution is 5.96. The Kier molecular flexibility index (Phi) is 3.88. The average Bonchev–Trinajstić information content (AvgIpc) is 2.95. The lowest BCUT2D eigenvalue weighted by Crippen LogP contribution is -2.34. The Morgan fingerprint density at radius 1 is 1.29 bits per heavy atom. The van der Waals surface area contributed by atoms with Crippen LogP contribution in [0, 0.1) is 5.95 Å². The molecule has 0 aromatic carbocycles. The van der Waals surface area contributed by atoms with E-state index in [1.54, 1.807) is 45.2 Å². The Morgan fingerprint density at radius 3 is 2.79 bits per heavy atom. The van der Waals surface area contributed by atoms with Crippen molar-refractivity contribution in [3.05, 3.63) is 48.9 Å². The summed E-state index contributed by atoms with van der Waals surface area (Å²) < 4.78 is 21.1. The van der Waals surface area contributed by atoms with Gasteiger partial charge in [0, 0.05) is 18.5 Å². The summed E-state index contributed by atoms with van der Waals surface area (Å²) in [5.41, 5.74) is 0.185. The van der Waals surface area contributed by atoms with E-state index in [4.69, 9.17) is 4.74 Å². The zero-order chi connectivity index (χ0) is 17.3. The number of anilines is 2. The van der Waals surface area contributed by atoms with Crippen LogP contribution in [0.1, 0.15) is 20.8 Å². The van der Waals surface area contributed by atoms with Gasteiger partial charge in [-0.05, 0) is 39.0 Å². The number of hydrogen-bond acceptors (Lipinski definition) is 5. The number of rotatable bonds is 2. The van der Waals surface area contributed by atoms with Crippen molar-refractivity contribution >= 4 is 23.1 Å². The first-order valence-electron chi connectivity index (χ1n) is 7.28. The molecule has 0 radical (unpaired) electrons. The molecule has 0 atom stereocenters. The highest BCUT2D eigenvalue weighted by Gasteiger charge is 2.27. The van der Waals surface area contributed by atoms with Crippen LogP contribution < -0.4 is 4.90 Å². The van der Waals surface area contributed by atoms with Crippen LogP contribution in [0.3, 0.4) is 0 Å². The Balaban J connectivity index is 2.10. The fourth-order valence-electron chi connectivity index (χ4n) is 2.14. The van der Waals surface area contributed by atoms with Crippen molar-refractivity contribution in [3.8, 4) is 0 Å². The lowest BCUT2D eigenvalue weighted by molar-refractivity contribution is 0.0598. The summed E-state index contributed by atoms with van der Waals surface area (Å²) in [5.74, 6) is -0.773. The van der Waals surface area contributed by atoms with Gasteiger partial charge in [-0.1, -0.05) is 0 Å². The van der Waals surface area contributed by atoms with Crippen LogP contribution in [0.4, 0.5) is 20.6 Å². The maximum atomic E-state index is 14.2. The minimum Gasteiger partial charge on any atom is -0.443 e. The molecule has 3 aromatic rings. The Labute approximate surface area is 137 Å². The second-order valence-electron chi connectivity index (χ2n) is 6.08. The monoisotopic (exact) mass is 329 g/mol. The number of nitrogens with zero attached hydrogens (tertiary/aromatic N) is 5. The quantitative estimate of drug-likeness (QED) is 0.674. The van der Waals surface area contributed by atoms with Gasteiger partial charge >= 0.3 is 6.09 Å². The van der Waals surface area contributed by atoms with Gasteiger partial charge in [-0.25, -0.2) is 24.2 Å². The average molecular weight is 329 g/mol. The number of hydrogen-bond donors (Lipinski definition) is 0. The van der Waals surface area contributed by atoms with E-state index in [9.17, 15) is 9.18 Å². The second-order valence-corrected chi connectivity index (χ2v) is 6.08. The molecule has 0 spiro atoms. The number of amides is 1. The maximum absolute atomic E-state index is 14.2. The highest BCUT2D eigenvalue weighted by Crippen LogP contribution is 2.29. The number of halogens is 1. The standard InChI is InChI=1S/C16H16FN5O2/c1-16(2,3)24-15(23)22(12-5-4-7-18-14(12)17)11-6-8-21-13(9-11)19-10-20-21/h4-10H,1-3H3. The molecule has 0 unspecified atom stereocenters. The normalized spacial score (nSPS) is 11.5. The molecule has 124 valence electrons. The first kappa shape index (κ1) is 15.9. The molecule has 3 aromatic heterocycles. The van der Waals surface area contributed by atoms with E-state index in [2.05, 4.69) is 15.1 Å². The first-order valence-corrected chi connectivity index (χ1v) is 7.28. The molecule has 24 heavy (non-hydrogen) atoms. The summed E-state index contributed by atoms with van der Waals surface area (Å²) in [7, 11) is 0. The molecule has 0 bridgehead atoms. The largest absolute Gasteiger partial charge is 0.443 e. The van der Waals surface area contributed by atoms with E-state index in [1.807, 2.05) is 0 Å². The van der Waals surface area contributed by atoms with E-state index >= 15 is 0 Å². The van der Waals surface area contributed by atoms with Gasteiger partial charge in [0.25, 0.3) is 0 Å². The molecule has 0 saturated heterocycles. The summed E-state index contributed by atoms with van der Waals surface area (Å²) in [5, 5.41) is 4.00. The van der Waals surface area contributed by atoms with E-state index in [0.717, 1.165) is 4.90 Å². The van der Waals surface area contributed by atoms with Crippen LogP contribution in [-0.2, 0) is 4.74 Å². The van der Waals surface area contributed by atoms with Crippen LogP contribution >= 0.6 is 0 Å². The fraction of sp³-hybridized carbons (Fsp3) is 0.250. The van der Waals surface area contributed by atoms with Crippen molar-refractivity contribution in [2.75, 3.05) is 4.90 Å². The molecule has 7 nitrogen and oxygen atoms in total. The Morgan fingerprint density at radius 2 is 2.08 bits per heavy atom. The van der Waals surface area contributed by atoms with Gasteiger partial charge in [-0.2, -0.15) is 9.49 Å². The van der Waals surface area contributed by atoms with Crippen LogP contribution in [0.5, 0.6) is 0 Å². The van der Waals surface area contributed by atoms with Crippen LogP contribution in [0.15, 0.2) is 43.0 Å². The Hall–Kier alpha value is -3.03. The molecule has 0 fully saturated rings.